The van der Waals surface area contributed by atoms with Crippen LogP contribution in [0.3, 0.4) is 0 Å². The normalized spacial score (nSPS) is 44.1. The number of ether oxygens (including phenoxy) is 1. The maximum absolute atomic E-state index is 15.0. The molecule has 2 amide bonds. The number of hydrogen-bond donors (Lipinski definition) is 2. The van der Waals surface area contributed by atoms with Gasteiger partial charge in [-0.15, -0.1) is 0 Å². The minimum Gasteiger partial charge on any atom is -0.481 e. The Labute approximate surface area is 332 Å². The Hall–Kier alpha value is -2.38. The molecule has 12 atom stereocenters. The highest BCUT2D eigenvalue weighted by Gasteiger charge is 2.73. The van der Waals surface area contributed by atoms with E-state index in [4.69, 9.17) is 4.74 Å². The summed E-state index contributed by atoms with van der Waals surface area (Å²) in [6.45, 7) is 28.4. The first-order valence-corrected chi connectivity index (χ1v) is 22.2. The summed E-state index contributed by atoms with van der Waals surface area (Å²) in [5, 5.41) is 13.3. The van der Waals surface area contributed by atoms with E-state index in [0.717, 1.165) is 96.6 Å². The van der Waals surface area contributed by atoms with Crippen LogP contribution in [0.5, 0.6) is 0 Å². The second-order valence-electron chi connectivity index (χ2n) is 22.7. The van der Waals surface area contributed by atoms with Crippen molar-refractivity contribution in [2.24, 2.45) is 73.4 Å². The standard InChI is InChI=1S/C47H74N2O6/c1-28(2)29-16-21-47(39(52)48-34-26-32(42(34,5)6)38(51)49-24-12-13-25-49)23-22-45(10)31-14-15-33-43(7,8)35(55-36(50)27-41(3,4)40(53)54)18-19-44(33,9)30(31)17-20-46(45,11)37(29)47/h29-35,37H,1,12-27H2,2-11H3,(H,48,52)(H,53,54)/t29-,30?,31?,32+,33-,34-,35-,37-,44+,45-,46+,47-/m0/s1. The molecule has 2 unspecified atom stereocenters. The van der Waals surface area contributed by atoms with Gasteiger partial charge in [-0.3, -0.25) is 19.2 Å². The van der Waals surface area contributed by atoms with Crippen molar-refractivity contribution in [3.63, 3.8) is 0 Å². The molecule has 1 saturated heterocycles. The highest BCUT2D eigenvalue weighted by atomic mass is 16.5. The first-order valence-electron chi connectivity index (χ1n) is 22.2. The number of nitrogens with one attached hydrogen (secondary N) is 1. The number of nitrogens with zero attached hydrogens (tertiary/aromatic N) is 1. The quantitative estimate of drug-likeness (QED) is 0.188. The molecule has 0 aromatic rings. The smallest absolute Gasteiger partial charge is 0.309 e. The van der Waals surface area contributed by atoms with Gasteiger partial charge in [-0.05, 0) is 155 Å². The number of esters is 1. The second-order valence-corrected chi connectivity index (χ2v) is 22.7. The SMILES string of the molecule is C=C(C)[C@@H]1CC[C@]2(C(=O)N[C@H]3C[C@H](C(=O)N4CCCC4)C3(C)C)CC[C@@]3(C)C4CC[C@H]5C(C)(C)[C@@H](OC(=O)CC(C)(C)C(=O)O)CC[C@]5(C)C4CC[C@]3(C)[C@H]12. The maximum atomic E-state index is 15.0. The molecule has 1 heterocycles. The minimum atomic E-state index is -1.16. The summed E-state index contributed by atoms with van der Waals surface area (Å²) in [5.41, 5.74) is -0.605. The van der Waals surface area contributed by atoms with Crippen molar-refractivity contribution in [3.8, 4) is 0 Å². The Morgan fingerprint density at radius 2 is 1.49 bits per heavy atom. The van der Waals surface area contributed by atoms with Gasteiger partial charge in [0.15, 0.2) is 0 Å². The van der Waals surface area contributed by atoms with Crippen LogP contribution in [0.4, 0.5) is 0 Å². The summed E-state index contributed by atoms with van der Waals surface area (Å²) in [5.74, 6) is 1.23. The lowest BCUT2D eigenvalue weighted by Gasteiger charge is -2.72. The van der Waals surface area contributed by atoms with E-state index in [1.165, 1.54) is 5.57 Å². The van der Waals surface area contributed by atoms with Crippen LogP contribution in [0.25, 0.3) is 0 Å². The number of carboxylic acid groups (broad SMARTS) is 1. The molecular weight excluding hydrogens is 689 g/mol. The van der Waals surface area contributed by atoms with Crippen molar-refractivity contribution in [2.45, 2.75) is 171 Å². The van der Waals surface area contributed by atoms with Crippen LogP contribution >= 0.6 is 0 Å². The van der Waals surface area contributed by atoms with Crippen molar-refractivity contribution in [1.29, 1.82) is 0 Å². The number of likely N-dealkylation sites (tertiary alicyclic amines) is 1. The van der Waals surface area contributed by atoms with Crippen molar-refractivity contribution < 1.29 is 29.0 Å². The Morgan fingerprint density at radius 3 is 2.11 bits per heavy atom. The second kappa shape index (κ2) is 13.3. The van der Waals surface area contributed by atoms with E-state index in [9.17, 15) is 19.5 Å². The third-order valence-corrected chi connectivity index (χ3v) is 19.2. The molecule has 6 aliphatic carbocycles. The number of carbonyl (C=O) groups is 4. The number of carbonyl (C=O) groups excluding carboxylic acids is 3. The number of fused-ring (bicyclic) bond motifs is 7. The van der Waals surface area contributed by atoms with Gasteiger partial charge in [-0.2, -0.15) is 0 Å². The third-order valence-electron chi connectivity index (χ3n) is 19.2. The van der Waals surface area contributed by atoms with Gasteiger partial charge < -0.3 is 20.1 Å². The predicted octanol–water partition coefficient (Wildman–Crippen LogP) is 9.21. The van der Waals surface area contributed by atoms with Gasteiger partial charge in [-0.1, -0.05) is 60.6 Å². The molecule has 7 fully saturated rings. The molecule has 2 N–H and O–H groups in total. The molecule has 8 heteroatoms. The van der Waals surface area contributed by atoms with Crippen LogP contribution in [-0.4, -0.2) is 59.0 Å². The topological polar surface area (TPSA) is 113 Å². The number of carboxylic acids is 1. The minimum absolute atomic E-state index is 0.00432. The van der Waals surface area contributed by atoms with Crippen LogP contribution in [0.1, 0.15) is 159 Å². The highest BCUT2D eigenvalue weighted by molar-refractivity contribution is 5.86. The van der Waals surface area contributed by atoms with Gasteiger partial charge in [0, 0.05) is 30.5 Å². The molecule has 1 aliphatic heterocycles. The molecule has 0 bridgehead atoms. The molecule has 7 aliphatic rings. The van der Waals surface area contributed by atoms with Crippen molar-refractivity contribution >= 4 is 23.8 Å². The van der Waals surface area contributed by atoms with Crippen molar-refractivity contribution in [1.82, 2.24) is 10.2 Å². The Morgan fingerprint density at radius 1 is 0.818 bits per heavy atom. The van der Waals surface area contributed by atoms with Gasteiger partial charge in [0.05, 0.1) is 17.3 Å². The zero-order valence-electron chi connectivity index (χ0n) is 36.1. The molecule has 308 valence electrons. The summed E-state index contributed by atoms with van der Waals surface area (Å²) >= 11 is 0. The van der Waals surface area contributed by atoms with E-state index in [1.807, 2.05) is 4.90 Å². The number of allylic oxidation sites excluding steroid dienone is 1. The largest absolute Gasteiger partial charge is 0.481 e. The molecule has 0 aromatic carbocycles. The van der Waals surface area contributed by atoms with Crippen LogP contribution in [0.15, 0.2) is 12.2 Å². The van der Waals surface area contributed by atoms with Gasteiger partial charge in [0.25, 0.3) is 0 Å². The molecule has 7 rings (SSSR count). The molecule has 6 saturated carbocycles. The number of rotatable bonds is 8. The van der Waals surface area contributed by atoms with Gasteiger partial charge in [0.1, 0.15) is 6.10 Å². The number of hydrogen-bond acceptors (Lipinski definition) is 5. The first kappa shape index (κ1) is 40.8. The molecule has 0 spiro atoms. The maximum Gasteiger partial charge on any atom is 0.309 e. The number of amides is 2. The van der Waals surface area contributed by atoms with Gasteiger partial charge in [0.2, 0.25) is 11.8 Å². The highest BCUT2D eigenvalue weighted by Crippen LogP contribution is 2.78. The van der Waals surface area contributed by atoms with E-state index < -0.39 is 22.8 Å². The van der Waals surface area contributed by atoms with Gasteiger partial charge >= 0.3 is 11.9 Å². The summed E-state index contributed by atoms with van der Waals surface area (Å²) < 4.78 is 6.19. The molecule has 0 radical (unpaired) electrons. The van der Waals surface area contributed by atoms with Crippen LogP contribution < -0.4 is 5.32 Å². The van der Waals surface area contributed by atoms with Crippen LogP contribution in [0, 0.1) is 73.4 Å². The Kier molecular flexibility index (Phi) is 9.89. The fourth-order valence-electron chi connectivity index (χ4n) is 15.4. The van der Waals surface area contributed by atoms with E-state index >= 15 is 4.79 Å². The fraction of sp³-hybridized carbons (Fsp3) is 0.872. The molecular formula is C47H74N2O6. The van der Waals surface area contributed by atoms with E-state index in [1.54, 1.807) is 13.8 Å². The first-order chi connectivity index (χ1) is 25.5. The lowest BCUT2D eigenvalue weighted by molar-refractivity contribution is -0.240. The number of aliphatic carboxylic acids is 1. The zero-order chi connectivity index (χ0) is 40.3. The van der Waals surface area contributed by atoms with Crippen molar-refractivity contribution in [3.05, 3.63) is 12.2 Å². The summed E-state index contributed by atoms with van der Waals surface area (Å²) in [6.07, 6.45) is 12.8. The van der Waals surface area contributed by atoms with E-state index in [2.05, 4.69) is 67.3 Å². The Balaban J connectivity index is 1.11. The zero-order valence-corrected chi connectivity index (χ0v) is 36.1. The third kappa shape index (κ3) is 5.91. The lowest BCUT2D eigenvalue weighted by atomic mass is 9.33. The van der Waals surface area contributed by atoms with Crippen molar-refractivity contribution in [2.75, 3.05) is 13.1 Å². The lowest BCUT2D eigenvalue weighted by Crippen LogP contribution is -2.68. The fourth-order valence-corrected chi connectivity index (χ4v) is 15.4. The van der Waals surface area contributed by atoms with Crippen LogP contribution in [-0.2, 0) is 23.9 Å². The van der Waals surface area contributed by atoms with Gasteiger partial charge in [-0.25, -0.2) is 0 Å². The summed E-state index contributed by atoms with van der Waals surface area (Å²) in [6, 6.07) is 0.0175. The predicted molar refractivity (Wildman–Crippen MR) is 215 cm³/mol. The molecule has 55 heavy (non-hydrogen) atoms. The summed E-state index contributed by atoms with van der Waals surface area (Å²) in [7, 11) is 0. The Bertz CT molecular complexity index is 1610. The van der Waals surface area contributed by atoms with E-state index in [-0.39, 0.29) is 69.3 Å². The molecule has 0 aromatic heterocycles. The molecule has 8 nitrogen and oxygen atoms in total. The average Bonchev–Trinajstić information content (AvgIpc) is 3.78. The average molecular weight is 763 g/mol. The van der Waals surface area contributed by atoms with Crippen LogP contribution in [0.2, 0.25) is 0 Å². The summed E-state index contributed by atoms with van der Waals surface area (Å²) in [4.78, 5) is 55.4. The monoisotopic (exact) mass is 763 g/mol. The van der Waals surface area contributed by atoms with E-state index in [0.29, 0.717) is 23.7 Å².